The molecule has 1 N–H and O–H groups in total. The molecule has 1 rings (SSSR count). The van der Waals surface area contributed by atoms with Crippen molar-refractivity contribution in [1.29, 1.82) is 0 Å². The first-order valence-corrected chi connectivity index (χ1v) is 5.60. The summed E-state index contributed by atoms with van der Waals surface area (Å²) in [5.74, 6) is 0.0630. The molecule has 2 heteroatoms. The van der Waals surface area contributed by atoms with Crippen molar-refractivity contribution < 1.29 is 9.90 Å². The molecule has 2 nitrogen and oxygen atoms in total. The summed E-state index contributed by atoms with van der Waals surface area (Å²) in [6, 6.07) is 0. The number of carbonyl (C=O) groups is 1. The van der Waals surface area contributed by atoms with Crippen LogP contribution >= 0.6 is 0 Å². The number of aliphatic carboxylic acids is 1. The molecule has 1 unspecified atom stereocenters. The van der Waals surface area contributed by atoms with Gasteiger partial charge in [-0.1, -0.05) is 55.5 Å². The van der Waals surface area contributed by atoms with E-state index >= 15 is 0 Å². The van der Waals surface area contributed by atoms with Gasteiger partial charge in [-0.15, -0.1) is 0 Å². The minimum atomic E-state index is -0.740. The lowest BCUT2D eigenvalue weighted by Crippen LogP contribution is -2.03. The maximum absolute atomic E-state index is 10.3. The Labute approximate surface area is 96.7 Å². The summed E-state index contributed by atoms with van der Waals surface area (Å²) in [5, 5.41) is 8.50. The SMILES string of the molecule is CC(/C=C\CCC(=O)O)C1C=CC=CC=C1. The standard InChI is InChI=1S/C14H18O2/c1-12(8-6-7-11-14(15)16)13-9-4-2-3-5-10-13/h2-6,8-10,12-13H,7,11H2,1H3,(H,15,16)/b8-6-. The molecule has 1 aliphatic rings. The van der Waals surface area contributed by atoms with Crippen molar-refractivity contribution in [3.63, 3.8) is 0 Å². The van der Waals surface area contributed by atoms with Gasteiger partial charge in [-0.05, 0) is 12.3 Å². The van der Waals surface area contributed by atoms with Crippen molar-refractivity contribution in [3.05, 3.63) is 48.6 Å². The summed E-state index contributed by atoms with van der Waals surface area (Å²) >= 11 is 0. The van der Waals surface area contributed by atoms with Gasteiger partial charge in [-0.3, -0.25) is 4.79 Å². The lowest BCUT2D eigenvalue weighted by Gasteiger charge is -2.12. The molecule has 0 aromatic heterocycles. The summed E-state index contributed by atoms with van der Waals surface area (Å²) in [4.78, 5) is 10.3. The average Bonchev–Trinajstić information content (AvgIpc) is 2.52. The van der Waals surface area contributed by atoms with Gasteiger partial charge in [0.1, 0.15) is 0 Å². The molecule has 0 saturated heterocycles. The van der Waals surface area contributed by atoms with E-state index in [2.05, 4.69) is 25.2 Å². The van der Waals surface area contributed by atoms with Crippen LogP contribution in [0.4, 0.5) is 0 Å². The first-order chi connectivity index (χ1) is 7.70. The largest absolute Gasteiger partial charge is 0.481 e. The molecule has 0 aromatic carbocycles. The quantitative estimate of drug-likeness (QED) is 0.718. The molecule has 1 aliphatic carbocycles. The Morgan fingerprint density at radius 3 is 2.50 bits per heavy atom. The third-order valence-electron chi connectivity index (χ3n) is 2.57. The Kier molecular flexibility index (Phi) is 5.34. The number of carboxylic acids is 1. The van der Waals surface area contributed by atoms with E-state index in [0.717, 1.165) is 0 Å². The highest BCUT2D eigenvalue weighted by molar-refractivity contribution is 5.66. The van der Waals surface area contributed by atoms with E-state index in [1.165, 1.54) is 0 Å². The van der Waals surface area contributed by atoms with Crippen molar-refractivity contribution in [2.75, 3.05) is 0 Å². The molecule has 0 aliphatic heterocycles. The first kappa shape index (κ1) is 12.5. The number of hydrogen-bond donors (Lipinski definition) is 1. The van der Waals surface area contributed by atoms with Gasteiger partial charge in [0.2, 0.25) is 0 Å². The van der Waals surface area contributed by atoms with Gasteiger partial charge < -0.3 is 5.11 Å². The third kappa shape index (κ3) is 4.78. The zero-order chi connectivity index (χ0) is 11.8. The Balaban J connectivity index is 2.39. The van der Waals surface area contributed by atoms with Crippen molar-refractivity contribution in [2.45, 2.75) is 19.8 Å². The molecule has 0 spiro atoms. The molecule has 0 saturated carbocycles. The van der Waals surface area contributed by atoms with E-state index in [1.54, 1.807) is 0 Å². The Bertz CT molecular complexity index is 319. The lowest BCUT2D eigenvalue weighted by molar-refractivity contribution is -0.136. The fourth-order valence-corrected chi connectivity index (χ4v) is 1.57. The normalized spacial score (nSPS) is 17.8. The molecule has 0 heterocycles. The van der Waals surface area contributed by atoms with Crippen LogP contribution in [0, 0.1) is 11.8 Å². The average molecular weight is 218 g/mol. The van der Waals surface area contributed by atoms with Gasteiger partial charge in [-0.25, -0.2) is 0 Å². The van der Waals surface area contributed by atoms with Gasteiger partial charge in [0.15, 0.2) is 0 Å². The van der Waals surface area contributed by atoms with Crippen molar-refractivity contribution in [1.82, 2.24) is 0 Å². The fraction of sp³-hybridized carbons (Fsp3) is 0.357. The Morgan fingerprint density at radius 2 is 1.94 bits per heavy atom. The number of carboxylic acid groups (broad SMARTS) is 1. The summed E-state index contributed by atoms with van der Waals surface area (Å²) in [7, 11) is 0. The van der Waals surface area contributed by atoms with Crippen LogP contribution in [0.2, 0.25) is 0 Å². The van der Waals surface area contributed by atoms with Gasteiger partial charge in [0, 0.05) is 12.3 Å². The maximum Gasteiger partial charge on any atom is 0.303 e. The molecule has 0 aromatic rings. The number of allylic oxidation sites excluding steroid dienone is 8. The van der Waals surface area contributed by atoms with Crippen LogP contribution in [0.5, 0.6) is 0 Å². The second-order valence-corrected chi connectivity index (χ2v) is 3.95. The smallest absolute Gasteiger partial charge is 0.303 e. The zero-order valence-corrected chi connectivity index (χ0v) is 9.54. The van der Waals surface area contributed by atoms with Crippen LogP contribution in [-0.4, -0.2) is 11.1 Å². The molecule has 1 atom stereocenters. The van der Waals surface area contributed by atoms with E-state index < -0.39 is 5.97 Å². The summed E-state index contributed by atoms with van der Waals surface area (Å²) in [5.41, 5.74) is 0. The highest BCUT2D eigenvalue weighted by Crippen LogP contribution is 2.18. The summed E-state index contributed by atoms with van der Waals surface area (Å²) in [6.07, 6.45) is 17.3. The topological polar surface area (TPSA) is 37.3 Å². The van der Waals surface area contributed by atoms with Crippen LogP contribution in [0.1, 0.15) is 19.8 Å². The Morgan fingerprint density at radius 1 is 1.31 bits per heavy atom. The van der Waals surface area contributed by atoms with Gasteiger partial charge in [0.05, 0.1) is 0 Å². The van der Waals surface area contributed by atoms with E-state index in [4.69, 9.17) is 5.11 Å². The minimum Gasteiger partial charge on any atom is -0.481 e. The van der Waals surface area contributed by atoms with Crippen molar-refractivity contribution >= 4 is 5.97 Å². The van der Waals surface area contributed by atoms with Crippen molar-refractivity contribution in [3.8, 4) is 0 Å². The molecule has 0 amide bonds. The molecule has 86 valence electrons. The second kappa shape index (κ2) is 6.83. The number of hydrogen-bond acceptors (Lipinski definition) is 1. The predicted octanol–water partition coefficient (Wildman–Crippen LogP) is 3.34. The van der Waals surface area contributed by atoms with Crippen LogP contribution in [-0.2, 0) is 4.79 Å². The van der Waals surface area contributed by atoms with Crippen LogP contribution < -0.4 is 0 Å². The Hall–Kier alpha value is -1.57. The molecular weight excluding hydrogens is 200 g/mol. The van der Waals surface area contributed by atoms with Crippen molar-refractivity contribution in [2.24, 2.45) is 11.8 Å². The molecule has 0 bridgehead atoms. The van der Waals surface area contributed by atoms with E-state index in [1.807, 2.05) is 30.4 Å². The third-order valence-corrected chi connectivity index (χ3v) is 2.57. The monoisotopic (exact) mass is 218 g/mol. The van der Waals surface area contributed by atoms with Crippen LogP contribution in [0.25, 0.3) is 0 Å². The van der Waals surface area contributed by atoms with E-state index in [-0.39, 0.29) is 6.42 Å². The summed E-state index contributed by atoms with van der Waals surface area (Å²) < 4.78 is 0. The molecule has 0 radical (unpaired) electrons. The van der Waals surface area contributed by atoms with Gasteiger partial charge in [0.25, 0.3) is 0 Å². The van der Waals surface area contributed by atoms with E-state index in [0.29, 0.717) is 18.3 Å². The first-order valence-electron chi connectivity index (χ1n) is 5.60. The fourth-order valence-electron chi connectivity index (χ4n) is 1.57. The van der Waals surface area contributed by atoms with Gasteiger partial charge in [-0.2, -0.15) is 0 Å². The minimum absolute atomic E-state index is 0.209. The molecule has 16 heavy (non-hydrogen) atoms. The van der Waals surface area contributed by atoms with E-state index in [9.17, 15) is 4.79 Å². The van der Waals surface area contributed by atoms with Gasteiger partial charge >= 0.3 is 5.97 Å². The van der Waals surface area contributed by atoms with Crippen LogP contribution in [0.15, 0.2) is 48.6 Å². The van der Waals surface area contributed by atoms with Crippen LogP contribution in [0.3, 0.4) is 0 Å². The predicted molar refractivity (Wildman–Crippen MR) is 66.1 cm³/mol. The number of rotatable bonds is 5. The highest BCUT2D eigenvalue weighted by Gasteiger charge is 2.07. The highest BCUT2D eigenvalue weighted by atomic mass is 16.4. The lowest BCUT2D eigenvalue weighted by atomic mass is 9.93. The molecular formula is C14H18O2. The molecule has 0 fully saturated rings. The summed E-state index contributed by atoms with van der Waals surface area (Å²) in [6.45, 7) is 2.14. The maximum atomic E-state index is 10.3. The zero-order valence-electron chi connectivity index (χ0n) is 9.54. The second-order valence-electron chi connectivity index (χ2n) is 3.95.